The summed E-state index contributed by atoms with van der Waals surface area (Å²) >= 11 is 0. The fourth-order valence-corrected chi connectivity index (χ4v) is 1.94. The van der Waals surface area contributed by atoms with Crippen molar-refractivity contribution in [3.05, 3.63) is 54.5 Å². The highest BCUT2D eigenvalue weighted by Gasteiger charge is 2.08. The molecule has 0 unspecified atom stereocenters. The van der Waals surface area contributed by atoms with Crippen LogP contribution in [0.5, 0.6) is 0 Å². The number of nitrogens with two attached hydrogens (primary N) is 1. The minimum absolute atomic E-state index is 0.407. The van der Waals surface area contributed by atoms with Crippen LogP contribution in [0.4, 0.5) is 0 Å². The van der Waals surface area contributed by atoms with Crippen molar-refractivity contribution in [2.75, 3.05) is 0 Å². The molecule has 0 saturated heterocycles. The summed E-state index contributed by atoms with van der Waals surface area (Å²) in [5, 5.41) is 5.51. The lowest BCUT2D eigenvalue weighted by Crippen LogP contribution is -2.07. The van der Waals surface area contributed by atoms with Crippen LogP contribution in [-0.4, -0.2) is 14.8 Å². The molecule has 0 fully saturated rings. The van der Waals surface area contributed by atoms with E-state index in [0.29, 0.717) is 6.54 Å². The normalized spacial score (nSPS) is 10.9. The first-order valence-corrected chi connectivity index (χ1v) is 5.47. The maximum atomic E-state index is 5.70. The van der Waals surface area contributed by atoms with Crippen LogP contribution in [0.15, 0.2) is 48.8 Å². The molecule has 0 atom stereocenters. The molecule has 0 aliphatic rings. The molecule has 0 aliphatic carbocycles. The van der Waals surface area contributed by atoms with Gasteiger partial charge in [-0.05, 0) is 18.2 Å². The Labute approximate surface area is 98.7 Å². The first-order chi connectivity index (χ1) is 8.40. The van der Waals surface area contributed by atoms with E-state index in [0.717, 1.165) is 22.3 Å². The third kappa shape index (κ3) is 1.59. The van der Waals surface area contributed by atoms with Gasteiger partial charge in [0.2, 0.25) is 0 Å². The minimum atomic E-state index is 0.407. The minimum Gasteiger partial charge on any atom is -0.325 e. The number of hydrogen-bond donors (Lipinski definition) is 1. The van der Waals surface area contributed by atoms with Crippen LogP contribution >= 0.6 is 0 Å². The Kier molecular flexibility index (Phi) is 2.34. The van der Waals surface area contributed by atoms with Crippen LogP contribution in [-0.2, 0) is 6.54 Å². The molecular weight excluding hydrogens is 212 g/mol. The zero-order valence-electron chi connectivity index (χ0n) is 9.24. The van der Waals surface area contributed by atoms with Crippen LogP contribution in [0, 0.1) is 0 Å². The Balaban J connectivity index is 2.27. The van der Waals surface area contributed by atoms with Gasteiger partial charge >= 0.3 is 0 Å². The maximum Gasteiger partial charge on any atom is 0.0881 e. The lowest BCUT2D eigenvalue weighted by Gasteiger charge is -2.07. The van der Waals surface area contributed by atoms with Crippen molar-refractivity contribution < 1.29 is 0 Å². The maximum absolute atomic E-state index is 5.70. The van der Waals surface area contributed by atoms with Gasteiger partial charge in [-0.1, -0.05) is 18.2 Å². The molecular formula is C13H12N4. The predicted molar refractivity (Wildman–Crippen MR) is 66.8 cm³/mol. The second-order valence-corrected chi connectivity index (χ2v) is 3.79. The molecule has 0 bridgehead atoms. The average molecular weight is 224 g/mol. The molecule has 2 N–H and O–H groups in total. The summed E-state index contributed by atoms with van der Waals surface area (Å²) < 4.78 is 1.88. The van der Waals surface area contributed by atoms with Crippen LogP contribution in [0.25, 0.3) is 16.6 Å². The van der Waals surface area contributed by atoms with E-state index in [2.05, 4.69) is 10.1 Å². The summed E-state index contributed by atoms with van der Waals surface area (Å²) in [6, 6.07) is 12.0. The van der Waals surface area contributed by atoms with Gasteiger partial charge in [-0.25, -0.2) is 4.68 Å². The number of pyridine rings is 1. The van der Waals surface area contributed by atoms with E-state index in [1.807, 2.05) is 47.3 Å². The molecule has 0 saturated carbocycles. The fourth-order valence-electron chi connectivity index (χ4n) is 1.94. The van der Waals surface area contributed by atoms with Gasteiger partial charge in [-0.3, -0.25) is 4.98 Å². The van der Waals surface area contributed by atoms with E-state index in [-0.39, 0.29) is 0 Å². The second kappa shape index (κ2) is 3.99. The highest BCUT2D eigenvalue weighted by molar-refractivity contribution is 5.80. The zero-order chi connectivity index (χ0) is 11.7. The van der Waals surface area contributed by atoms with E-state index in [9.17, 15) is 0 Å². The van der Waals surface area contributed by atoms with Crippen molar-refractivity contribution in [3.63, 3.8) is 0 Å². The van der Waals surface area contributed by atoms with E-state index >= 15 is 0 Å². The second-order valence-electron chi connectivity index (χ2n) is 3.79. The number of para-hydroxylation sites is 1. The van der Waals surface area contributed by atoms with E-state index < -0.39 is 0 Å². The van der Waals surface area contributed by atoms with Gasteiger partial charge in [-0.15, -0.1) is 0 Å². The standard InChI is InChI=1S/C13H12N4/c14-8-11-13(6-3-7-15-11)17-12-5-2-1-4-10(12)9-16-17/h1-7,9H,8,14H2. The molecule has 2 heterocycles. The van der Waals surface area contributed by atoms with Crippen LogP contribution in [0.1, 0.15) is 5.69 Å². The lowest BCUT2D eigenvalue weighted by atomic mass is 10.2. The molecule has 4 heteroatoms. The van der Waals surface area contributed by atoms with Crippen LogP contribution in [0.3, 0.4) is 0 Å². The van der Waals surface area contributed by atoms with Crippen molar-refractivity contribution in [2.45, 2.75) is 6.54 Å². The molecule has 1 aromatic carbocycles. The SMILES string of the molecule is NCc1ncccc1-n1ncc2ccccc21. The molecule has 0 aliphatic heterocycles. The summed E-state index contributed by atoms with van der Waals surface area (Å²) in [5.74, 6) is 0. The number of hydrogen-bond acceptors (Lipinski definition) is 3. The Morgan fingerprint density at radius 3 is 2.88 bits per heavy atom. The highest BCUT2D eigenvalue weighted by atomic mass is 15.3. The molecule has 3 aromatic rings. The van der Waals surface area contributed by atoms with Crippen LogP contribution < -0.4 is 5.73 Å². The smallest absolute Gasteiger partial charge is 0.0881 e. The quantitative estimate of drug-likeness (QED) is 0.723. The lowest BCUT2D eigenvalue weighted by molar-refractivity contribution is 0.861. The van der Waals surface area contributed by atoms with E-state index in [1.54, 1.807) is 6.20 Å². The number of benzene rings is 1. The fraction of sp³-hybridized carbons (Fsp3) is 0.0769. The monoisotopic (exact) mass is 224 g/mol. The topological polar surface area (TPSA) is 56.7 Å². The van der Waals surface area contributed by atoms with Crippen molar-refractivity contribution in [2.24, 2.45) is 5.73 Å². The van der Waals surface area contributed by atoms with Gasteiger partial charge in [0.05, 0.1) is 23.1 Å². The third-order valence-electron chi connectivity index (χ3n) is 2.76. The summed E-state index contributed by atoms with van der Waals surface area (Å²) in [6.45, 7) is 0.407. The van der Waals surface area contributed by atoms with Gasteiger partial charge in [0.1, 0.15) is 0 Å². The first kappa shape index (κ1) is 9.99. The molecule has 0 spiro atoms. The first-order valence-electron chi connectivity index (χ1n) is 5.47. The van der Waals surface area contributed by atoms with Gasteiger partial charge in [0, 0.05) is 18.1 Å². The highest BCUT2D eigenvalue weighted by Crippen LogP contribution is 2.19. The van der Waals surface area contributed by atoms with Crippen molar-refractivity contribution in [3.8, 4) is 5.69 Å². The number of fused-ring (bicyclic) bond motifs is 1. The largest absolute Gasteiger partial charge is 0.325 e. The molecule has 0 radical (unpaired) electrons. The molecule has 2 aromatic heterocycles. The summed E-state index contributed by atoms with van der Waals surface area (Å²) in [4.78, 5) is 4.27. The molecule has 4 nitrogen and oxygen atoms in total. The average Bonchev–Trinajstić information content (AvgIpc) is 2.82. The third-order valence-corrected chi connectivity index (χ3v) is 2.76. The Morgan fingerprint density at radius 2 is 2.00 bits per heavy atom. The zero-order valence-corrected chi connectivity index (χ0v) is 9.24. The van der Waals surface area contributed by atoms with E-state index in [4.69, 9.17) is 5.73 Å². The molecule has 84 valence electrons. The number of aromatic nitrogens is 3. The molecule has 17 heavy (non-hydrogen) atoms. The Morgan fingerprint density at radius 1 is 1.12 bits per heavy atom. The number of rotatable bonds is 2. The predicted octanol–water partition coefficient (Wildman–Crippen LogP) is 1.88. The van der Waals surface area contributed by atoms with Crippen LogP contribution in [0.2, 0.25) is 0 Å². The van der Waals surface area contributed by atoms with Crippen molar-refractivity contribution in [1.82, 2.24) is 14.8 Å². The summed E-state index contributed by atoms with van der Waals surface area (Å²) in [5.41, 5.74) is 8.55. The summed E-state index contributed by atoms with van der Waals surface area (Å²) in [6.07, 6.45) is 3.60. The summed E-state index contributed by atoms with van der Waals surface area (Å²) in [7, 11) is 0. The molecule has 0 amide bonds. The van der Waals surface area contributed by atoms with E-state index in [1.165, 1.54) is 0 Å². The Bertz CT molecular complexity index is 657. The van der Waals surface area contributed by atoms with Gasteiger partial charge in [0.15, 0.2) is 0 Å². The van der Waals surface area contributed by atoms with Crippen molar-refractivity contribution >= 4 is 10.9 Å². The number of nitrogens with zero attached hydrogens (tertiary/aromatic N) is 3. The van der Waals surface area contributed by atoms with Gasteiger partial charge in [-0.2, -0.15) is 5.10 Å². The van der Waals surface area contributed by atoms with Crippen molar-refractivity contribution in [1.29, 1.82) is 0 Å². The Hall–Kier alpha value is -2.20. The molecule has 3 rings (SSSR count). The van der Waals surface area contributed by atoms with Gasteiger partial charge < -0.3 is 5.73 Å². The van der Waals surface area contributed by atoms with Gasteiger partial charge in [0.25, 0.3) is 0 Å².